The van der Waals surface area contributed by atoms with Crippen molar-refractivity contribution in [2.24, 2.45) is 0 Å². The summed E-state index contributed by atoms with van der Waals surface area (Å²) in [5.41, 5.74) is 1.90. The van der Waals surface area contributed by atoms with E-state index in [0.29, 0.717) is 12.1 Å². The van der Waals surface area contributed by atoms with Gasteiger partial charge in [-0.05, 0) is 19.2 Å². The fraction of sp³-hybridized carbons (Fsp3) is 0.467. The van der Waals surface area contributed by atoms with E-state index in [2.05, 4.69) is 21.8 Å². The minimum absolute atomic E-state index is 0.294. The Morgan fingerprint density at radius 2 is 2.05 bits per heavy atom. The third-order valence-electron chi connectivity index (χ3n) is 4.34. The lowest BCUT2D eigenvalue weighted by molar-refractivity contribution is -0.0362. The molecule has 0 amide bonds. The van der Waals surface area contributed by atoms with E-state index >= 15 is 0 Å². The van der Waals surface area contributed by atoms with Crippen LogP contribution < -0.4 is 4.90 Å². The van der Waals surface area contributed by atoms with E-state index in [-0.39, 0.29) is 0 Å². The van der Waals surface area contributed by atoms with Crippen molar-refractivity contribution in [2.75, 3.05) is 38.2 Å². The molecule has 0 unspecified atom stereocenters. The van der Waals surface area contributed by atoms with Gasteiger partial charge in [0, 0.05) is 19.6 Å². The smallest absolute Gasteiger partial charge is 0.147 e. The van der Waals surface area contributed by atoms with Gasteiger partial charge in [0.2, 0.25) is 0 Å². The second kappa shape index (κ2) is 4.68. The molecule has 0 spiro atoms. The molecule has 2 aromatic rings. The SMILES string of the molecule is CN1CCO[C@H]2CN(c3cnc4ccccc4n3)C[C@@H]21. The molecule has 1 aromatic heterocycles. The van der Waals surface area contributed by atoms with Gasteiger partial charge in [0.25, 0.3) is 0 Å². The molecule has 20 heavy (non-hydrogen) atoms. The first-order chi connectivity index (χ1) is 9.81. The zero-order valence-electron chi connectivity index (χ0n) is 11.6. The van der Waals surface area contributed by atoms with Crippen LogP contribution >= 0.6 is 0 Å². The molecule has 1 aromatic carbocycles. The number of para-hydroxylation sites is 2. The molecular weight excluding hydrogens is 252 g/mol. The van der Waals surface area contributed by atoms with Gasteiger partial charge < -0.3 is 9.64 Å². The highest BCUT2D eigenvalue weighted by Gasteiger charge is 2.39. The van der Waals surface area contributed by atoms with Crippen molar-refractivity contribution in [1.29, 1.82) is 0 Å². The van der Waals surface area contributed by atoms with Crippen molar-refractivity contribution in [2.45, 2.75) is 12.1 Å². The number of ether oxygens (including phenoxy) is 1. The Balaban J connectivity index is 1.63. The lowest BCUT2D eigenvalue weighted by atomic mass is 10.1. The van der Waals surface area contributed by atoms with E-state index < -0.39 is 0 Å². The molecular formula is C15H18N4O. The van der Waals surface area contributed by atoms with Crippen LogP contribution in [0.1, 0.15) is 0 Å². The van der Waals surface area contributed by atoms with E-state index in [1.165, 1.54) is 0 Å². The highest BCUT2D eigenvalue weighted by atomic mass is 16.5. The second-order valence-corrected chi connectivity index (χ2v) is 5.58. The largest absolute Gasteiger partial charge is 0.373 e. The number of anilines is 1. The highest BCUT2D eigenvalue weighted by Crippen LogP contribution is 2.26. The van der Waals surface area contributed by atoms with Gasteiger partial charge in [0.05, 0.1) is 36.0 Å². The number of nitrogens with zero attached hydrogens (tertiary/aromatic N) is 4. The number of fused-ring (bicyclic) bond motifs is 2. The van der Waals surface area contributed by atoms with E-state index in [9.17, 15) is 0 Å². The Kier molecular flexibility index (Phi) is 2.82. The maximum atomic E-state index is 5.88. The summed E-state index contributed by atoms with van der Waals surface area (Å²) in [6, 6.07) is 8.47. The van der Waals surface area contributed by atoms with E-state index in [0.717, 1.165) is 43.1 Å². The van der Waals surface area contributed by atoms with E-state index in [1.54, 1.807) is 0 Å². The molecule has 0 saturated carbocycles. The summed E-state index contributed by atoms with van der Waals surface area (Å²) in [5, 5.41) is 0. The molecule has 0 radical (unpaired) electrons. The second-order valence-electron chi connectivity index (χ2n) is 5.58. The van der Waals surface area contributed by atoms with Crippen LogP contribution in [0, 0.1) is 0 Å². The number of rotatable bonds is 1. The molecule has 2 aliphatic rings. The molecule has 2 fully saturated rings. The van der Waals surface area contributed by atoms with Gasteiger partial charge in [-0.15, -0.1) is 0 Å². The summed E-state index contributed by atoms with van der Waals surface area (Å²) < 4.78 is 5.88. The summed E-state index contributed by atoms with van der Waals surface area (Å²) in [7, 11) is 2.18. The normalized spacial score (nSPS) is 26.9. The van der Waals surface area contributed by atoms with Gasteiger partial charge in [-0.3, -0.25) is 9.88 Å². The maximum Gasteiger partial charge on any atom is 0.147 e. The quantitative estimate of drug-likeness (QED) is 0.777. The van der Waals surface area contributed by atoms with Crippen LogP contribution in [0.15, 0.2) is 30.5 Å². The van der Waals surface area contributed by atoms with Crippen LogP contribution in [-0.4, -0.2) is 60.3 Å². The number of benzene rings is 1. The summed E-state index contributed by atoms with van der Waals surface area (Å²) in [5.74, 6) is 0.954. The van der Waals surface area contributed by atoms with Crippen LogP contribution in [-0.2, 0) is 4.74 Å². The van der Waals surface area contributed by atoms with Crippen molar-refractivity contribution in [3.63, 3.8) is 0 Å². The minimum atomic E-state index is 0.294. The summed E-state index contributed by atoms with van der Waals surface area (Å²) in [6.45, 7) is 3.71. The maximum absolute atomic E-state index is 5.88. The van der Waals surface area contributed by atoms with Gasteiger partial charge >= 0.3 is 0 Å². The predicted octanol–water partition coefficient (Wildman–Crippen LogP) is 1.15. The lowest BCUT2D eigenvalue weighted by Gasteiger charge is -2.33. The van der Waals surface area contributed by atoms with Crippen LogP contribution in [0.3, 0.4) is 0 Å². The molecule has 0 aliphatic carbocycles. The predicted molar refractivity (Wildman–Crippen MR) is 77.9 cm³/mol. The fourth-order valence-electron chi connectivity index (χ4n) is 3.14. The van der Waals surface area contributed by atoms with Crippen molar-refractivity contribution in [3.05, 3.63) is 30.5 Å². The number of aromatic nitrogens is 2. The van der Waals surface area contributed by atoms with E-state index in [1.807, 2.05) is 30.5 Å². The first-order valence-corrected chi connectivity index (χ1v) is 7.10. The van der Waals surface area contributed by atoms with Crippen molar-refractivity contribution >= 4 is 16.9 Å². The van der Waals surface area contributed by atoms with Gasteiger partial charge in [-0.1, -0.05) is 12.1 Å². The average molecular weight is 270 g/mol. The molecule has 3 heterocycles. The zero-order valence-corrected chi connectivity index (χ0v) is 11.6. The van der Waals surface area contributed by atoms with Gasteiger partial charge in [0.1, 0.15) is 5.82 Å². The highest BCUT2D eigenvalue weighted by molar-refractivity contribution is 5.75. The first kappa shape index (κ1) is 12.1. The van der Waals surface area contributed by atoms with Gasteiger partial charge in [-0.2, -0.15) is 0 Å². The summed E-state index contributed by atoms with van der Waals surface area (Å²) in [4.78, 5) is 13.9. The third-order valence-corrected chi connectivity index (χ3v) is 4.34. The summed E-state index contributed by atoms with van der Waals surface area (Å²) in [6.07, 6.45) is 2.17. The molecule has 4 rings (SSSR count). The topological polar surface area (TPSA) is 41.5 Å². The molecule has 2 saturated heterocycles. The number of hydrogen-bond donors (Lipinski definition) is 0. The van der Waals surface area contributed by atoms with Crippen molar-refractivity contribution < 1.29 is 4.74 Å². The fourth-order valence-corrected chi connectivity index (χ4v) is 3.14. The van der Waals surface area contributed by atoms with Crippen LogP contribution in [0.2, 0.25) is 0 Å². The Morgan fingerprint density at radius 3 is 2.90 bits per heavy atom. The van der Waals surface area contributed by atoms with Crippen molar-refractivity contribution in [3.8, 4) is 0 Å². The first-order valence-electron chi connectivity index (χ1n) is 7.10. The molecule has 2 atom stereocenters. The van der Waals surface area contributed by atoms with Gasteiger partial charge in [-0.25, -0.2) is 4.98 Å². The number of morpholine rings is 1. The third kappa shape index (κ3) is 1.94. The summed E-state index contributed by atoms with van der Waals surface area (Å²) >= 11 is 0. The molecule has 0 N–H and O–H groups in total. The van der Waals surface area contributed by atoms with Crippen LogP contribution in [0.25, 0.3) is 11.0 Å². The lowest BCUT2D eigenvalue weighted by Crippen LogP contribution is -2.48. The molecule has 5 heteroatoms. The Bertz CT molecular complexity index is 632. The van der Waals surface area contributed by atoms with E-state index in [4.69, 9.17) is 9.72 Å². The standard InChI is InChI=1S/C15H18N4O/c1-18-6-7-20-14-10-19(9-13(14)18)15-8-16-11-4-2-3-5-12(11)17-15/h2-5,8,13-14H,6-7,9-10H2,1H3/t13-,14-/m0/s1. The minimum Gasteiger partial charge on any atom is -0.373 e. The zero-order chi connectivity index (χ0) is 13.5. The Labute approximate surface area is 118 Å². The van der Waals surface area contributed by atoms with Gasteiger partial charge in [0.15, 0.2) is 0 Å². The number of hydrogen-bond acceptors (Lipinski definition) is 5. The van der Waals surface area contributed by atoms with Crippen molar-refractivity contribution in [1.82, 2.24) is 14.9 Å². The monoisotopic (exact) mass is 270 g/mol. The molecule has 104 valence electrons. The Hall–Kier alpha value is -1.72. The number of likely N-dealkylation sites (N-methyl/N-ethyl adjacent to an activating group) is 1. The molecule has 2 aliphatic heterocycles. The Morgan fingerprint density at radius 1 is 1.20 bits per heavy atom. The average Bonchev–Trinajstić information content (AvgIpc) is 2.92. The van der Waals surface area contributed by atoms with Crippen LogP contribution in [0.4, 0.5) is 5.82 Å². The molecule has 0 bridgehead atoms. The van der Waals surface area contributed by atoms with Crippen LogP contribution in [0.5, 0.6) is 0 Å². The molecule has 5 nitrogen and oxygen atoms in total.